The minimum absolute atomic E-state index is 0. The number of H-pyrrole nitrogens is 1. The lowest BCUT2D eigenvalue weighted by molar-refractivity contribution is -0.616. The van der Waals surface area contributed by atoms with Crippen LogP contribution in [-0.2, 0) is 7.05 Å². The van der Waals surface area contributed by atoms with E-state index in [1.165, 1.54) is 16.4 Å². The second-order valence-corrected chi connectivity index (χ2v) is 5.28. The van der Waals surface area contributed by atoms with E-state index >= 15 is 0 Å². The summed E-state index contributed by atoms with van der Waals surface area (Å²) in [7, 11) is 2.10. The smallest absolute Gasteiger partial charge is 0.238 e. The topological polar surface area (TPSA) is 19.7 Å². The highest BCUT2D eigenvalue weighted by Crippen LogP contribution is 2.26. The van der Waals surface area contributed by atoms with Gasteiger partial charge in [0.25, 0.3) is 0 Å². The molecule has 0 aliphatic rings. The number of halogens is 2. The number of pyridine rings is 1. The molecule has 0 amide bonds. The van der Waals surface area contributed by atoms with Gasteiger partial charge in [-0.1, -0.05) is 23.7 Å². The van der Waals surface area contributed by atoms with Gasteiger partial charge in [-0.15, -0.1) is 0 Å². The van der Waals surface area contributed by atoms with E-state index in [0.717, 1.165) is 21.4 Å². The normalized spacial score (nSPS) is 11.1. The molecule has 4 rings (SSSR count). The SMILES string of the molecule is C[n+]1c2ccc(Cl)cc2cc2[nH]c3ccccc3c21.[Cl-]. The molecule has 4 aromatic rings. The molecule has 2 heterocycles. The van der Waals surface area contributed by atoms with E-state index in [1.807, 2.05) is 18.2 Å². The molecule has 0 aliphatic heterocycles. The number of hydrogen-bond donors (Lipinski definition) is 1. The van der Waals surface area contributed by atoms with E-state index in [4.69, 9.17) is 11.6 Å². The maximum absolute atomic E-state index is 6.08. The van der Waals surface area contributed by atoms with Gasteiger partial charge in [-0.3, -0.25) is 0 Å². The van der Waals surface area contributed by atoms with Crippen molar-refractivity contribution in [3.8, 4) is 0 Å². The predicted octanol–water partition coefficient (Wildman–Crippen LogP) is 0.956. The second kappa shape index (κ2) is 4.65. The summed E-state index contributed by atoms with van der Waals surface area (Å²) in [6.45, 7) is 0. The van der Waals surface area contributed by atoms with Crippen molar-refractivity contribution < 1.29 is 17.0 Å². The van der Waals surface area contributed by atoms with Crippen molar-refractivity contribution in [1.82, 2.24) is 4.98 Å². The van der Waals surface area contributed by atoms with E-state index in [-0.39, 0.29) is 12.4 Å². The molecule has 0 saturated carbocycles. The number of aromatic amines is 1. The minimum Gasteiger partial charge on any atom is -1.00 e. The molecule has 2 aromatic carbocycles. The quantitative estimate of drug-likeness (QED) is 0.467. The Morgan fingerprint density at radius 2 is 1.80 bits per heavy atom. The first-order chi connectivity index (χ1) is 9.24. The Balaban J connectivity index is 0.00000121. The van der Waals surface area contributed by atoms with Gasteiger partial charge in [0.05, 0.1) is 10.9 Å². The van der Waals surface area contributed by atoms with E-state index in [2.05, 4.69) is 46.9 Å². The second-order valence-electron chi connectivity index (χ2n) is 4.84. The molecule has 100 valence electrons. The Labute approximate surface area is 127 Å². The molecule has 20 heavy (non-hydrogen) atoms. The predicted molar refractivity (Wildman–Crippen MR) is 79.5 cm³/mol. The highest BCUT2D eigenvalue weighted by molar-refractivity contribution is 6.31. The number of para-hydroxylation sites is 1. The Morgan fingerprint density at radius 3 is 2.65 bits per heavy atom. The zero-order valence-corrected chi connectivity index (χ0v) is 12.3. The standard InChI is InChI=1S/C16H11ClN2.ClH/c1-19-15-7-6-11(17)8-10(15)9-14-16(19)12-4-2-3-5-13(12)18-14;/h2-9H,1H3;1H. The summed E-state index contributed by atoms with van der Waals surface area (Å²) in [6.07, 6.45) is 0. The van der Waals surface area contributed by atoms with Crippen molar-refractivity contribution in [2.75, 3.05) is 0 Å². The van der Waals surface area contributed by atoms with Crippen molar-refractivity contribution in [2.24, 2.45) is 7.05 Å². The first kappa shape index (κ1) is 13.2. The van der Waals surface area contributed by atoms with Crippen molar-refractivity contribution in [1.29, 1.82) is 0 Å². The largest absolute Gasteiger partial charge is 1.00 e. The van der Waals surface area contributed by atoms with Crippen molar-refractivity contribution in [2.45, 2.75) is 0 Å². The van der Waals surface area contributed by atoms with Gasteiger partial charge in [0.15, 0.2) is 0 Å². The summed E-state index contributed by atoms with van der Waals surface area (Å²) in [5.41, 5.74) is 4.71. The third-order valence-corrected chi connectivity index (χ3v) is 3.93. The number of aryl methyl sites for hydroxylation is 1. The van der Waals surface area contributed by atoms with Crippen molar-refractivity contribution in [3.05, 3.63) is 53.6 Å². The average molecular weight is 303 g/mol. The van der Waals surface area contributed by atoms with Gasteiger partial charge in [-0.25, -0.2) is 0 Å². The number of rotatable bonds is 0. The first-order valence-electron chi connectivity index (χ1n) is 6.23. The number of fused-ring (bicyclic) bond motifs is 4. The molecule has 0 atom stereocenters. The summed E-state index contributed by atoms with van der Waals surface area (Å²) < 4.78 is 2.22. The molecular weight excluding hydrogens is 291 g/mol. The van der Waals surface area contributed by atoms with Crippen molar-refractivity contribution >= 4 is 44.4 Å². The fourth-order valence-corrected chi connectivity index (χ4v) is 3.02. The number of nitrogens with one attached hydrogen (secondary N) is 1. The molecular formula is C16H12Cl2N2. The third kappa shape index (κ3) is 1.76. The van der Waals surface area contributed by atoms with Crippen LogP contribution in [0.2, 0.25) is 5.02 Å². The van der Waals surface area contributed by atoms with Crippen LogP contribution in [0.4, 0.5) is 0 Å². The molecule has 2 aromatic heterocycles. The molecule has 0 aliphatic carbocycles. The molecule has 0 saturated heterocycles. The highest BCUT2D eigenvalue weighted by atomic mass is 35.5. The van der Waals surface area contributed by atoms with Gasteiger partial charge in [-0.2, -0.15) is 4.57 Å². The van der Waals surface area contributed by atoms with Crippen LogP contribution in [0.1, 0.15) is 0 Å². The van der Waals surface area contributed by atoms with Gasteiger partial charge < -0.3 is 17.4 Å². The van der Waals surface area contributed by atoms with Gasteiger partial charge >= 0.3 is 0 Å². The summed E-state index contributed by atoms with van der Waals surface area (Å²) in [5, 5.41) is 3.16. The molecule has 1 N–H and O–H groups in total. The maximum Gasteiger partial charge on any atom is 0.238 e. The summed E-state index contributed by atoms with van der Waals surface area (Å²) in [6, 6.07) is 16.5. The zero-order chi connectivity index (χ0) is 13.0. The lowest BCUT2D eigenvalue weighted by Gasteiger charge is -1.99. The molecule has 2 nitrogen and oxygen atoms in total. The molecule has 0 spiro atoms. The molecule has 4 heteroatoms. The number of aromatic nitrogens is 2. The van der Waals surface area contributed by atoms with E-state index in [9.17, 15) is 0 Å². The van der Waals surface area contributed by atoms with Gasteiger partial charge in [0.1, 0.15) is 12.6 Å². The van der Waals surface area contributed by atoms with Crippen LogP contribution in [0, 0.1) is 0 Å². The van der Waals surface area contributed by atoms with E-state index in [1.54, 1.807) is 0 Å². The Morgan fingerprint density at radius 1 is 1.00 bits per heavy atom. The van der Waals surface area contributed by atoms with Crippen LogP contribution >= 0.6 is 11.6 Å². The fourth-order valence-electron chi connectivity index (χ4n) is 2.84. The summed E-state index contributed by atoms with van der Waals surface area (Å²) in [4.78, 5) is 3.47. The molecule has 0 fully saturated rings. The summed E-state index contributed by atoms with van der Waals surface area (Å²) in [5.74, 6) is 0. The molecule has 0 radical (unpaired) electrons. The fraction of sp³-hybridized carbons (Fsp3) is 0.0625. The van der Waals surface area contributed by atoms with Crippen LogP contribution in [-0.4, -0.2) is 4.98 Å². The number of nitrogens with zero attached hydrogens (tertiary/aromatic N) is 1. The Hall–Kier alpha value is -1.77. The number of benzene rings is 2. The van der Waals surface area contributed by atoms with Crippen LogP contribution in [0.3, 0.4) is 0 Å². The Bertz CT molecular complexity index is 941. The first-order valence-corrected chi connectivity index (χ1v) is 6.60. The monoisotopic (exact) mass is 302 g/mol. The number of hydrogen-bond acceptors (Lipinski definition) is 0. The minimum atomic E-state index is 0. The lowest BCUT2D eigenvalue weighted by Crippen LogP contribution is -3.00. The highest BCUT2D eigenvalue weighted by Gasteiger charge is 2.16. The third-order valence-electron chi connectivity index (χ3n) is 3.69. The maximum atomic E-state index is 6.08. The van der Waals surface area contributed by atoms with E-state index < -0.39 is 0 Å². The average Bonchev–Trinajstić information content (AvgIpc) is 2.76. The molecule has 0 bridgehead atoms. The van der Waals surface area contributed by atoms with Crippen LogP contribution < -0.4 is 17.0 Å². The zero-order valence-electron chi connectivity index (χ0n) is 10.8. The van der Waals surface area contributed by atoms with Gasteiger partial charge in [0, 0.05) is 16.5 Å². The van der Waals surface area contributed by atoms with Crippen LogP contribution in [0.5, 0.6) is 0 Å². The molecule has 0 unspecified atom stereocenters. The summed E-state index contributed by atoms with van der Waals surface area (Å²) >= 11 is 6.08. The Kier molecular flexibility index (Phi) is 3.08. The van der Waals surface area contributed by atoms with Crippen LogP contribution in [0.25, 0.3) is 32.8 Å². The van der Waals surface area contributed by atoms with Gasteiger partial charge in [0.2, 0.25) is 11.0 Å². The van der Waals surface area contributed by atoms with Gasteiger partial charge in [-0.05, 0) is 30.3 Å². The van der Waals surface area contributed by atoms with Crippen LogP contribution in [0.15, 0.2) is 48.5 Å². The lowest BCUT2D eigenvalue weighted by atomic mass is 10.1. The van der Waals surface area contributed by atoms with E-state index in [0.29, 0.717) is 0 Å². The van der Waals surface area contributed by atoms with Crippen molar-refractivity contribution in [3.63, 3.8) is 0 Å².